The second-order valence-electron chi connectivity index (χ2n) is 9.38. The third-order valence-corrected chi connectivity index (χ3v) is 7.93. The first-order chi connectivity index (χ1) is 18.9. The van der Waals surface area contributed by atoms with Crippen molar-refractivity contribution in [1.82, 2.24) is 9.55 Å². The molecule has 0 bridgehead atoms. The zero-order valence-electron chi connectivity index (χ0n) is 21.7. The van der Waals surface area contributed by atoms with E-state index in [0.29, 0.717) is 32.0 Å². The maximum atomic E-state index is 14.0. The fourth-order valence-electron chi connectivity index (χ4n) is 5.05. The molecule has 6 rings (SSSR count). The van der Waals surface area contributed by atoms with Crippen molar-refractivity contribution in [1.29, 1.82) is 0 Å². The maximum Gasteiger partial charge on any atom is 0.271 e. The molecule has 39 heavy (non-hydrogen) atoms. The van der Waals surface area contributed by atoms with Gasteiger partial charge in [-0.25, -0.2) is 4.99 Å². The molecule has 5 aromatic rings. The summed E-state index contributed by atoms with van der Waals surface area (Å²) < 4.78 is 7.54. The molecule has 3 aromatic carbocycles. The van der Waals surface area contributed by atoms with Crippen LogP contribution in [-0.2, 0) is 4.79 Å². The Bertz CT molecular complexity index is 1930. The number of allylic oxidation sites excluding steroid dienone is 1. The van der Waals surface area contributed by atoms with E-state index in [1.807, 2.05) is 98.8 Å². The summed E-state index contributed by atoms with van der Waals surface area (Å²) in [6.07, 6.45) is 1.92. The van der Waals surface area contributed by atoms with E-state index in [-0.39, 0.29) is 11.5 Å². The Balaban J connectivity index is 1.53. The van der Waals surface area contributed by atoms with Crippen LogP contribution in [-0.4, -0.2) is 22.6 Å². The number of hydrogen-bond donors (Lipinski definition) is 2. The van der Waals surface area contributed by atoms with Crippen LogP contribution in [0.15, 0.2) is 99.9 Å². The fourth-order valence-corrected chi connectivity index (χ4v) is 6.08. The highest BCUT2D eigenvalue weighted by molar-refractivity contribution is 7.07. The van der Waals surface area contributed by atoms with Crippen LogP contribution < -0.4 is 24.9 Å². The molecule has 1 atom stereocenters. The minimum Gasteiger partial charge on any atom is -0.497 e. The van der Waals surface area contributed by atoms with Crippen LogP contribution in [0.4, 0.5) is 5.69 Å². The molecule has 2 N–H and O–H groups in total. The first kappa shape index (κ1) is 24.6. The Morgan fingerprint density at radius 1 is 1.03 bits per heavy atom. The average Bonchev–Trinajstić information content (AvgIpc) is 3.43. The monoisotopic (exact) mass is 534 g/mol. The van der Waals surface area contributed by atoms with Gasteiger partial charge in [-0.1, -0.05) is 59.9 Å². The smallest absolute Gasteiger partial charge is 0.271 e. The number of fused-ring (bicyclic) bond motifs is 2. The minimum atomic E-state index is -0.651. The first-order valence-corrected chi connectivity index (χ1v) is 13.4. The summed E-state index contributed by atoms with van der Waals surface area (Å²) in [6.45, 7) is 3.82. The summed E-state index contributed by atoms with van der Waals surface area (Å²) >= 11 is 1.33. The number of amides is 1. The summed E-state index contributed by atoms with van der Waals surface area (Å²) in [6, 6.07) is 24.1. The molecular weight excluding hydrogens is 508 g/mol. The van der Waals surface area contributed by atoms with Crippen LogP contribution in [0.2, 0.25) is 0 Å². The highest BCUT2D eigenvalue weighted by Gasteiger charge is 2.32. The second-order valence-corrected chi connectivity index (χ2v) is 10.4. The lowest BCUT2D eigenvalue weighted by molar-refractivity contribution is -0.113. The van der Waals surface area contributed by atoms with Gasteiger partial charge in [-0.05, 0) is 55.8 Å². The highest BCUT2D eigenvalue weighted by Crippen LogP contribution is 2.32. The molecule has 0 aliphatic carbocycles. The molecule has 2 aromatic heterocycles. The number of H-pyrrole nitrogens is 1. The molecule has 0 fully saturated rings. The van der Waals surface area contributed by atoms with Crippen LogP contribution in [0, 0.1) is 6.92 Å². The summed E-state index contributed by atoms with van der Waals surface area (Å²) in [4.78, 5) is 36.4. The zero-order chi connectivity index (χ0) is 27.1. The molecule has 8 heteroatoms. The molecule has 0 saturated heterocycles. The lowest BCUT2D eigenvalue weighted by atomic mass is 9.95. The standard InChI is InChI=1S/C31H26N4O3S/c1-18-24(23-11-7-8-12-25(23)32-18)17-26-30(37)35-28(20-13-15-22(38-3)16-14-20)27(19(2)33-31(35)39-26)29(36)34-21-9-5-4-6-10-21/h4-17,28,32H,1-3H3,(H,34,36)/b26-17+/t28-/m1/s1. The van der Waals surface area contributed by atoms with Crippen LogP contribution >= 0.6 is 11.3 Å². The molecule has 1 aliphatic heterocycles. The number of methoxy groups -OCH3 is 1. The van der Waals surface area contributed by atoms with Gasteiger partial charge in [0, 0.05) is 27.8 Å². The van der Waals surface area contributed by atoms with Crippen LogP contribution in [0.5, 0.6) is 5.75 Å². The molecule has 3 heterocycles. The van der Waals surface area contributed by atoms with Gasteiger partial charge in [-0.15, -0.1) is 0 Å². The summed E-state index contributed by atoms with van der Waals surface area (Å²) in [5.41, 5.74) is 5.22. The molecule has 194 valence electrons. The van der Waals surface area contributed by atoms with E-state index in [1.54, 1.807) is 11.7 Å². The molecule has 0 unspecified atom stereocenters. The maximum absolute atomic E-state index is 14.0. The SMILES string of the molecule is COc1ccc([C@@H]2C(C(=O)Nc3ccccc3)=C(C)N=c3s/c(=C/c4c(C)[nH]c5ccccc45)c(=O)n32)cc1. The Kier molecular flexibility index (Phi) is 6.24. The van der Waals surface area contributed by atoms with Gasteiger partial charge in [0.2, 0.25) is 0 Å². The predicted octanol–water partition coefficient (Wildman–Crippen LogP) is 4.67. The Labute approximate surface area is 228 Å². The van der Waals surface area contributed by atoms with Crippen molar-refractivity contribution in [3.63, 3.8) is 0 Å². The number of carbonyl (C=O) groups is 1. The van der Waals surface area contributed by atoms with E-state index in [2.05, 4.69) is 10.3 Å². The third-order valence-electron chi connectivity index (χ3n) is 6.95. The van der Waals surface area contributed by atoms with Gasteiger partial charge >= 0.3 is 0 Å². The summed E-state index contributed by atoms with van der Waals surface area (Å²) in [5, 5.41) is 4.03. The number of para-hydroxylation sites is 2. The number of nitrogens with one attached hydrogen (secondary N) is 2. The predicted molar refractivity (Wildman–Crippen MR) is 155 cm³/mol. The van der Waals surface area contributed by atoms with Crippen molar-refractivity contribution in [3.8, 4) is 5.75 Å². The van der Waals surface area contributed by atoms with Crippen LogP contribution in [0.3, 0.4) is 0 Å². The van der Waals surface area contributed by atoms with Gasteiger partial charge in [0.05, 0.1) is 29.0 Å². The highest BCUT2D eigenvalue weighted by atomic mass is 32.1. The van der Waals surface area contributed by atoms with Crippen molar-refractivity contribution in [2.75, 3.05) is 12.4 Å². The van der Waals surface area contributed by atoms with Gasteiger partial charge in [0.25, 0.3) is 11.5 Å². The number of rotatable bonds is 5. The molecule has 1 amide bonds. The normalized spacial score (nSPS) is 15.3. The Morgan fingerprint density at radius 2 is 1.74 bits per heavy atom. The zero-order valence-corrected chi connectivity index (χ0v) is 22.5. The average molecular weight is 535 g/mol. The number of aromatic amines is 1. The van der Waals surface area contributed by atoms with Crippen molar-refractivity contribution < 1.29 is 9.53 Å². The number of aromatic nitrogens is 2. The lowest BCUT2D eigenvalue weighted by Crippen LogP contribution is -2.40. The third kappa shape index (κ3) is 4.38. The van der Waals surface area contributed by atoms with Crippen molar-refractivity contribution in [3.05, 3.63) is 127 Å². The van der Waals surface area contributed by atoms with Crippen LogP contribution in [0.25, 0.3) is 17.0 Å². The van der Waals surface area contributed by atoms with E-state index in [9.17, 15) is 9.59 Å². The molecule has 0 saturated carbocycles. The van der Waals surface area contributed by atoms with Gasteiger partial charge < -0.3 is 15.0 Å². The van der Waals surface area contributed by atoms with Crippen molar-refractivity contribution in [2.24, 2.45) is 4.99 Å². The quantitative estimate of drug-likeness (QED) is 0.343. The minimum absolute atomic E-state index is 0.193. The number of benzene rings is 3. The number of thiazole rings is 1. The van der Waals surface area contributed by atoms with E-state index < -0.39 is 6.04 Å². The molecular formula is C31H26N4O3S. The van der Waals surface area contributed by atoms with Crippen LogP contribution in [0.1, 0.15) is 29.8 Å². The van der Waals surface area contributed by atoms with E-state index in [4.69, 9.17) is 9.73 Å². The number of ether oxygens (including phenoxy) is 1. The summed E-state index contributed by atoms with van der Waals surface area (Å²) in [7, 11) is 1.60. The largest absolute Gasteiger partial charge is 0.497 e. The van der Waals surface area contributed by atoms with E-state index in [0.717, 1.165) is 27.7 Å². The summed E-state index contributed by atoms with van der Waals surface area (Å²) in [5.74, 6) is 0.391. The van der Waals surface area contributed by atoms with E-state index >= 15 is 0 Å². The molecule has 0 radical (unpaired) electrons. The molecule has 1 aliphatic rings. The van der Waals surface area contributed by atoms with Crippen molar-refractivity contribution >= 4 is 39.9 Å². The van der Waals surface area contributed by atoms with Gasteiger partial charge in [0.15, 0.2) is 4.80 Å². The Morgan fingerprint density at radius 3 is 2.49 bits per heavy atom. The number of anilines is 1. The lowest BCUT2D eigenvalue weighted by Gasteiger charge is -2.25. The Hall–Kier alpha value is -4.69. The number of aryl methyl sites for hydroxylation is 1. The van der Waals surface area contributed by atoms with Crippen molar-refractivity contribution in [2.45, 2.75) is 19.9 Å². The molecule has 0 spiro atoms. The first-order valence-electron chi connectivity index (χ1n) is 12.5. The number of hydrogen-bond acceptors (Lipinski definition) is 5. The number of nitrogens with zero attached hydrogens (tertiary/aromatic N) is 2. The number of carbonyl (C=O) groups excluding carboxylic acids is 1. The molecule has 7 nitrogen and oxygen atoms in total. The topological polar surface area (TPSA) is 88.5 Å². The fraction of sp³-hybridized carbons (Fsp3) is 0.129. The van der Waals surface area contributed by atoms with Gasteiger partial charge in [0.1, 0.15) is 5.75 Å². The van der Waals surface area contributed by atoms with Gasteiger partial charge in [-0.2, -0.15) is 0 Å². The van der Waals surface area contributed by atoms with E-state index in [1.165, 1.54) is 11.3 Å². The van der Waals surface area contributed by atoms with Gasteiger partial charge in [-0.3, -0.25) is 14.2 Å². The second kappa shape index (κ2) is 9.89.